The molecule has 2 N–H and O–H groups in total. The number of aromatic nitrogens is 6. The first-order valence-electron chi connectivity index (χ1n) is 12.0. The first-order chi connectivity index (χ1) is 19.5. The molecule has 0 spiro atoms. The quantitative estimate of drug-likeness (QED) is 0.168. The molecule has 13 heteroatoms. The van der Waals surface area contributed by atoms with Gasteiger partial charge in [0.1, 0.15) is 22.6 Å². The molecule has 0 bridgehead atoms. The summed E-state index contributed by atoms with van der Waals surface area (Å²) in [6, 6.07) is 16.7. The van der Waals surface area contributed by atoms with Gasteiger partial charge in [-0.15, -0.1) is 10.2 Å². The van der Waals surface area contributed by atoms with Crippen molar-refractivity contribution in [1.82, 2.24) is 29.1 Å². The van der Waals surface area contributed by atoms with E-state index in [1.165, 1.54) is 32.9 Å². The number of benzene rings is 1. The Morgan fingerprint density at radius 3 is 2.77 bits per heavy atom. The number of carbonyl (C=O) groups is 1. The van der Waals surface area contributed by atoms with Crippen LogP contribution in [0.5, 0.6) is 0 Å². The monoisotopic (exact) mass is 570 g/mol. The zero-order chi connectivity index (χ0) is 27.6. The second-order valence-corrected chi connectivity index (χ2v) is 10.8. The number of hydrogen-bond donors (Lipinski definition) is 2. The van der Waals surface area contributed by atoms with E-state index in [4.69, 9.17) is 5.41 Å². The predicted molar refractivity (Wildman–Crippen MR) is 150 cm³/mol. The summed E-state index contributed by atoms with van der Waals surface area (Å²) in [4.78, 5) is 35.6. The van der Waals surface area contributed by atoms with E-state index in [0.717, 1.165) is 16.9 Å². The third-order valence-electron chi connectivity index (χ3n) is 6.06. The van der Waals surface area contributed by atoms with Crippen LogP contribution in [0.3, 0.4) is 0 Å². The first kappa shape index (κ1) is 25.5. The number of thioether (sulfide) groups is 1. The van der Waals surface area contributed by atoms with Gasteiger partial charge in [0.05, 0.1) is 17.5 Å². The lowest BCUT2D eigenvalue weighted by molar-refractivity contribution is 0.102. The molecule has 6 rings (SSSR count). The number of hydrogen-bond acceptors (Lipinski definition) is 9. The molecule has 5 heterocycles. The molecule has 5 aromatic heterocycles. The third-order valence-corrected chi connectivity index (χ3v) is 8.08. The Hall–Kier alpha value is -4.75. The number of nitrogens with one attached hydrogen (secondary N) is 2. The van der Waals surface area contributed by atoms with Gasteiger partial charge in [-0.1, -0.05) is 53.4 Å². The minimum atomic E-state index is -0.619. The highest BCUT2D eigenvalue weighted by Gasteiger charge is 2.19. The van der Waals surface area contributed by atoms with Crippen LogP contribution in [0.15, 0.2) is 88.4 Å². The first-order valence-corrected chi connectivity index (χ1v) is 13.8. The number of fused-ring (bicyclic) bond motifs is 2. The fourth-order valence-corrected chi connectivity index (χ4v) is 5.86. The number of amides is 1. The van der Waals surface area contributed by atoms with Gasteiger partial charge >= 0.3 is 0 Å². The average molecular weight is 571 g/mol. The van der Waals surface area contributed by atoms with Crippen molar-refractivity contribution in [3.63, 3.8) is 0 Å². The van der Waals surface area contributed by atoms with Crippen LogP contribution in [-0.2, 0) is 12.3 Å². The van der Waals surface area contributed by atoms with Crippen LogP contribution in [0.2, 0.25) is 0 Å². The Labute approximate surface area is 233 Å². The Morgan fingerprint density at radius 1 is 1.10 bits per heavy atom. The lowest BCUT2D eigenvalue weighted by Crippen LogP contribution is -2.32. The van der Waals surface area contributed by atoms with E-state index < -0.39 is 5.91 Å². The number of pyridine rings is 3. The Kier molecular flexibility index (Phi) is 6.88. The van der Waals surface area contributed by atoms with E-state index in [0.29, 0.717) is 21.3 Å². The van der Waals surface area contributed by atoms with E-state index in [9.17, 15) is 14.0 Å². The number of rotatable bonds is 7. The van der Waals surface area contributed by atoms with Gasteiger partial charge in [0, 0.05) is 24.3 Å². The maximum Gasteiger partial charge on any atom is 0.267 e. The smallest absolute Gasteiger partial charge is 0.267 e. The van der Waals surface area contributed by atoms with Crippen molar-refractivity contribution in [2.24, 2.45) is 0 Å². The van der Waals surface area contributed by atoms with Crippen LogP contribution in [0.1, 0.15) is 21.5 Å². The van der Waals surface area contributed by atoms with Gasteiger partial charge < -0.3 is 4.57 Å². The average Bonchev–Trinajstić information content (AvgIpc) is 3.42. The summed E-state index contributed by atoms with van der Waals surface area (Å²) in [7, 11) is 0. The maximum absolute atomic E-state index is 13.9. The Bertz CT molecular complexity index is 2010. The summed E-state index contributed by atoms with van der Waals surface area (Å²) in [5.74, 6) is -0.563. The van der Waals surface area contributed by atoms with Crippen LogP contribution in [-0.4, -0.2) is 35.0 Å². The van der Waals surface area contributed by atoms with Gasteiger partial charge in [-0.2, -0.15) is 0 Å². The predicted octanol–water partition coefficient (Wildman–Crippen LogP) is 4.11. The lowest BCUT2D eigenvalue weighted by Gasteiger charge is -2.14. The molecule has 0 radical (unpaired) electrons. The number of halogens is 1. The summed E-state index contributed by atoms with van der Waals surface area (Å²) in [6.07, 6.45) is 4.90. The fourth-order valence-electron chi connectivity index (χ4n) is 4.13. The van der Waals surface area contributed by atoms with E-state index >= 15 is 0 Å². The molecule has 1 amide bonds. The summed E-state index contributed by atoms with van der Waals surface area (Å²) in [5.41, 5.74) is 1.50. The molecular weight excluding hydrogens is 551 g/mol. The molecule has 40 heavy (non-hydrogen) atoms. The minimum Gasteiger partial charge on any atom is -0.306 e. The van der Waals surface area contributed by atoms with Gasteiger partial charge in [0.25, 0.3) is 11.5 Å². The van der Waals surface area contributed by atoms with E-state index in [1.54, 1.807) is 61.1 Å². The molecule has 198 valence electrons. The van der Waals surface area contributed by atoms with Crippen LogP contribution in [0.25, 0.3) is 16.7 Å². The van der Waals surface area contributed by atoms with Crippen molar-refractivity contribution in [3.05, 3.63) is 118 Å². The van der Waals surface area contributed by atoms with E-state index in [2.05, 4.69) is 25.5 Å². The fraction of sp³-hybridized carbons (Fsp3) is 0.0741. The molecule has 0 unspecified atom stereocenters. The lowest BCUT2D eigenvalue weighted by atomic mass is 10.2. The molecule has 0 aliphatic rings. The number of carbonyl (C=O) groups excluding carboxylic acids is 1. The molecule has 0 atom stereocenters. The van der Waals surface area contributed by atoms with E-state index in [-0.39, 0.29) is 45.1 Å². The minimum absolute atomic E-state index is 0.0260. The zero-order valence-electron chi connectivity index (χ0n) is 20.6. The van der Waals surface area contributed by atoms with Crippen molar-refractivity contribution >= 4 is 50.8 Å². The van der Waals surface area contributed by atoms with Gasteiger partial charge in [-0.05, 0) is 41.5 Å². The van der Waals surface area contributed by atoms with Crippen molar-refractivity contribution in [2.45, 2.75) is 16.6 Å². The van der Waals surface area contributed by atoms with Gasteiger partial charge in [0.2, 0.25) is 5.13 Å². The summed E-state index contributed by atoms with van der Waals surface area (Å²) in [5, 5.41) is 20.1. The number of nitrogens with zero attached hydrogens (tertiary/aromatic N) is 6. The van der Waals surface area contributed by atoms with Crippen LogP contribution in [0.4, 0.5) is 9.52 Å². The Balaban J connectivity index is 1.35. The second kappa shape index (κ2) is 10.8. The second-order valence-electron chi connectivity index (χ2n) is 8.64. The SMILES string of the molecule is N=c1c(C(=O)Nc2nnc(SCc3ccccc3F)s2)cc2c(=O)n3ccccc3nc2n1Cc1cccnc1. The van der Waals surface area contributed by atoms with Gasteiger partial charge in [0.15, 0.2) is 4.34 Å². The largest absolute Gasteiger partial charge is 0.306 e. The molecule has 0 saturated carbocycles. The van der Waals surface area contributed by atoms with E-state index in [1.807, 2.05) is 6.07 Å². The van der Waals surface area contributed by atoms with Crippen LogP contribution >= 0.6 is 23.1 Å². The van der Waals surface area contributed by atoms with Crippen LogP contribution in [0, 0.1) is 11.2 Å². The molecule has 0 aliphatic heterocycles. The molecule has 1 aromatic carbocycles. The molecule has 0 aliphatic carbocycles. The Morgan fingerprint density at radius 2 is 1.95 bits per heavy atom. The highest BCUT2D eigenvalue weighted by Crippen LogP contribution is 2.29. The zero-order valence-corrected chi connectivity index (χ0v) is 22.2. The van der Waals surface area contributed by atoms with Gasteiger partial charge in [-0.3, -0.25) is 29.7 Å². The van der Waals surface area contributed by atoms with Crippen molar-refractivity contribution in [3.8, 4) is 0 Å². The molecule has 0 fully saturated rings. The normalized spacial score (nSPS) is 11.2. The summed E-state index contributed by atoms with van der Waals surface area (Å²) >= 11 is 2.43. The highest BCUT2D eigenvalue weighted by molar-refractivity contribution is 8.00. The highest BCUT2D eigenvalue weighted by atomic mass is 32.2. The van der Waals surface area contributed by atoms with Crippen molar-refractivity contribution in [2.75, 3.05) is 5.32 Å². The van der Waals surface area contributed by atoms with Gasteiger partial charge in [-0.25, -0.2) is 9.37 Å². The van der Waals surface area contributed by atoms with Crippen molar-refractivity contribution in [1.29, 1.82) is 5.41 Å². The standard InChI is InChI=1S/C27H19FN8O2S2/c28-20-8-2-1-7-17(20)15-39-27-34-33-26(40-27)32-24(37)18-12-19-23(31-21-9-3-4-11-35(21)25(19)38)36(22(18)29)14-16-6-5-10-30-13-16/h1-13,29H,14-15H2,(H,32,33,37). The summed E-state index contributed by atoms with van der Waals surface area (Å²) < 4.78 is 17.4. The summed E-state index contributed by atoms with van der Waals surface area (Å²) in [6.45, 7) is 0.176. The number of anilines is 1. The molecule has 10 nitrogen and oxygen atoms in total. The topological polar surface area (TPSA) is 131 Å². The van der Waals surface area contributed by atoms with Crippen molar-refractivity contribution < 1.29 is 9.18 Å². The molecule has 0 saturated heterocycles. The molecule has 6 aromatic rings. The molecular formula is C27H19FN8O2S2. The van der Waals surface area contributed by atoms with Crippen LogP contribution < -0.4 is 16.4 Å². The maximum atomic E-state index is 13.9. The third kappa shape index (κ3) is 4.99.